The molecule has 0 fully saturated rings. The summed E-state index contributed by atoms with van der Waals surface area (Å²) >= 11 is 0. The van der Waals surface area contributed by atoms with Crippen LogP contribution in [0.1, 0.15) is 21.5 Å². The lowest BCUT2D eigenvalue weighted by atomic mass is 10.0. The highest BCUT2D eigenvalue weighted by Gasteiger charge is 2.21. The minimum Gasteiger partial charge on any atom is -0.480 e. The lowest BCUT2D eigenvalue weighted by Crippen LogP contribution is -2.42. The summed E-state index contributed by atoms with van der Waals surface area (Å²) in [6.45, 7) is 2.47. The predicted molar refractivity (Wildman–Crippen MR) is 60.8 cm³/mol. The van der Waals surface area contributed by atoms with Gasteiger partial charge in [-0.15, -0.1) is 0 Å². The number of carbonyl (C=O) groups excluding carboxylic acids is 1. The quantitative estimate of drug-likeness (QED) is 0.835. The van der Waals surface area contributed by atoms with Crippen molar-refractivity contribution in [3.8, 4) is 0 Å². The molecule has 0 aliphatic heterocycles. The second kappa shape index (κ2) is 5.43. The van der Waals surface area contributed by atoms with Crippen LogP contribution in [0.3, 0.4) is 0 Å². The molecule has 5 heteroatoms. The van der Waals surface area contributed by atoms with Crippen LogP contribution in [0.4, 0.5) is 4.39 Å². The van der Waals surface area contributed by atoms with Crippen molar-refractivity contribution in [1.29, 1.82) is 0 Å². The molecule has 4 nitrogen and oxygen atoms in total. The van der Waals surface area contributed by atoms with E-state index in [4.69, 9.17) is 5.11 Å². The Morgan fingerprint density at radius 2 is 2.06 bits per heavy atom. The number of hydrogen-bond acceptors (Lipinski definition) is 2. The van der Waals surface area contributed by atoms with E-state index in [1.807, 2.05) is 13.0 Å². The maximum absolute atomic E-state index is 12.4. The summed E-state index contributed by atoms with van der Waals surface area (Å²) in [5.74, 6) is -1.96. The van der Waals surface area contributed by atoms with Gasteiger partial charge in [-0.2, -0.15) is 0 Å². The minimum atomic E-state index is -1.50. The summed E-state index contributed by atoms with van der Waals surface area (Å²) in [7, 11) is 0. The fourth-order valence-electron chi connectivity index (χ4n) is 1.40. The van der Waals surface area contributed by atoms with Gasteiger partial charge in [0.1, 0.15) is 6.67 Å². The Labute approximate surface area is 98.5 Å². The molecule has 2 N–H and O–H groups in total. The van der Waals surface area contributed by atoms with Crippen molar-refractivity contribution in [3.63, 3.8) is 0 Å². The number of hydrogen-bond donors (Lipinski definition) is 2. The number of alkyl halides is 1. The van der Waals surface area contributed by atoms with Gasteiger partial charge in [0.05, 0.1) is 0 Å². The molecule has 1 amide bonds. The molecule has 0 saturated heterocycles. The number of amides is 1. The van der Waals surface area contributed by atoms with Gasteiger partial charge < -0.3 is 10.4 Å². The van der Waals surface area contributed by atoms with E-state index < -0.39 is 24.6 Å². The van der Waals surface area contributed by atoms with Crippen LogP contribution in [0, 0.1) is 13.8 Å². The van der Waals surface area contributed by atoms with Gasteiger partial charge in [0, 0.05) is 5.56 Å². The van der Waals surface area contributed by atoms with Crippen LogP contribution < -0.4 is 5.32 Å². The Hall–Kier alpha value is -1.91. The third-order valence-corrected chi connectivity index (χ3v) is 2.61. The molecule has 1 atom stereocenters. The van der Waals surface area contributed by atoms with Crippen molar-refractivity contribution in [1.82, 2.24) is 5.32 Å². The van der Waals surface area contributed by atoms with Gasteiger partial charge >= 0.3 is 5.97 Å². The number of carboxylic acids is 1. The van der Waals surface area contributed by atoms with E-state index in [9.17, 15) is 14.0 Å². The summed E-state index contributed by atoms with van der Waals surface area (Å²) < 4.78 is 12.4. The lowest BCUT2D eigenvalue weighted by Gasteiger charge is -2.13. The standard InChI is InChI=1S/C12H14FNO3/c1-7-4-3-5-9(8(7)2)11(15)14-10(6-13)12(16)17/h3-5,10H,6H2,1-2H3,(H,14,15)(H,16,17). The highest BCUT2D eigenvalue weighted by Crippen LogP contribution is 2.12. The molecule has 0 heterocycles. The topological polar surface area (TPSA) is 66.4 Å². The highest BCUT2D eigenvalue weighted by molar-refractivity contribution is 5.98. The maximum atomic E-state index is 12.4. The maximum Gasteiger partial charge on any atom is 0.328 e. The predicted octanol–water partition coefficient (Wildman–Crippen LogP) is 1.46. The number of aliphatic carboxylic acids is 1. The smallest absolute Gasteiger partial charge is 0.328 e. The summed E-state index contributed by atoms with van der Waals surface area (Å²) in [5, 5.41) is 10.8. The van der Waals surface area contributed by atoms with Crippen molar-refractivity contribution >= 4 is 11.9 Å². The van der Waals surface area contributed by atoms with Crippen molar-refractivity contribution in [3.05, 3.63) is 34.9 Å². The molecule has 0 spiro atoms. The number of carboxylic acid groups (broad SMARTS) is 1. The van der Waals surface area contributed by atoms with Gasteiger partial charge in [0.15, 0.2) is 6.04 Å². The SMILES string of the molecule is Cc1cccc(C(=O)NC(CF)C(=O)O)c1C. The molecule has 0 aliphatic rings. The molecule has 17 heavy (non-hydrogen) atoms. The van der Waals surface area contributed by atoms with E-state index in [1.165, 1.54) is 0 Å². The molecule has 0 saturated carbocycles. The largest absolute Gasteiger partial charge is 0.480 e. The first-order valence-corrected chi connectivity index (χ1v) is 5.13. The average molecular weight is 239 g/mol. The van der Waals surface area contributed by atoms with Gasteiger partial charge in [0.25, 0.3) is 5.91 Å². The first kappa shape index (κ1) is 13.2. The lowest BCUT2D eigenvalue weighted by molar-refractivity contribution is -0.139. The number of nitrogens with one attached hydrogen (secondary N) is 1. The van der Waals surface area contributed by atoms with E-state index in [0.29, 0.717) is 5.56 Å². The fraction of sp³-hybridized carbons (Fsp3) is 0.333. The molecule has 92 valence electrons. The summed E-state index contributed by atoms with van der Waals surface area (Å²) in [6, 6.07) is 3.62. The van der Waals surface area contributed by atoms with Crippen molar-refractivity contribution in [2.75, 3.05) is 6.67 Å². The van der Waals surface area contributed by atoms with Crippen LogP contribution in [0.5, 0.6) is 0 Å². The third-order valence-electron chi connectivity index (χ3n) is 2.61. The number of carbonyl (C=O) groups is 2. The first-order valence-electron chi connectivity index (χ1n) is 5.13. The molecule has 1 aromatic rings. The molecule has 0 bridgehead atoms. The van der Waals surface area contributed by atoms with E-state index in [0.717, 1.165) is 11.1 Å². The van der Waals surface area contributed by atoms with E-state index in [2.05, 4.69) is 5.32 Å². The Balaban J connectivity index is 2.90. The van der Waals surface area contributed by atoms with Crippen LogP contribution in [-0.2, 0) is 4.79 Å². The Morgan fingerprint density at radius 1 is 1.41 bits per heavy atom. The van der Waals surface area contributed by atoms with E-state index in [-0.39, 0.29) is 0 Å². The van der Waals surface area contributed by atoms with E-state index >= 15 is 0 Å². The van der Waals surface area contributed by atoms with Crippen LogP contribution in [0.15, 0.2) is 18.2 Å². The average Bonchev–Trinajstić information content (AvgIpc) is 2.28. The second-order valence-electron chi connectivity index (χ2n) is 3.77. The van der Waals surface area contributed by atoms with Crippen molar-refractivity contribution in [2.24, 2.45) is 0 Å². The van der Waals surface area contributed by atoms with Crippen LogP contribution in [0.2, 0.25) is 0 Å². The van der Waals surface area contributed by atoms with Crippen LogP contribution in [-0.4, -0.2) is 29.7 Å². The molecule has 0 aliphatic carbocycles. The van der Waals surface area contributed by atoms with Gasteiger partial charge in [-0.3, -0.25) is 4.79 Å². The zero-order chi connectivity index (χ0) is 13.0. The monoisotopic (exact) mass is 239 g/mol. The molecule has 1 unspecified atom stereocenters. The molecule has 1 aromatic carbocycles. The number of aryl methyl sites for hydroxylation is 1. The molecule has 0 aromatic heterocycles. The second-order valence-corrected chi connectivity index (χ2v) is 3.77. The van der Waals surface area contributed by atoms with E-state index in [1.54, 1.807) is 19.1 Å². The van der Waals surface area contributed by atoms with Gasteiger partial charge in [0.2, 0.25) is 0 Å². The van der Waals surface area contributed by atoms with Crippen LogP contribution >= 0.6 is 0 Å². The molecule has 1 rings (SSSR count). The highest BCUT2D eigenvalue weighted by atomic mass is 19.1. The summed E-state index contributed by atoms with van der Waals surface area (Å²) in [5.41, 5.74) is 2.04. The molecular formula is C12H14FNO3. The van der Waals surface area contributed by atoms with Crippen molar-refractivity contribution in [2.45, 2.75) is 19.9 Å². The minimum absolute atomic E-state index is 0.365. The number of halogens is 1. The third kappa shape index (κ3) is 3.03. The number of rotatable bonds is 4. The fourth-order valence-corrected chi connectivity index (χ4v) is 1.40. The first-order chi connectivity index (χ1) is 7.97. The normalized spacial score (nSPS) is 11.9. The Kier molecular flexibility index (Phi) is 4.20. The van der Waals surface area contributed by atoms with Crippen LogP contribution in [0.25, 0.3) is 0 Å². The summed E-state index contributed by atoms with van der Waals surface area (Å²) in [4.78, 5) is 22.3. The van der Waals surface area contributed by atoms with Gasteiger partial charge in [-0.05, 0) is 31.0 Å². The van der Waals surface area contributed by atoms with Gasteiger partial charge in [-0.1, -0.05) is 12.1 Å². The van der Waals surface area contributed by atoms with Gasteiger partial charge in [-0.25, -0.2) is 9.18 Å². The number of benzene rings is 1. The zero-order valence-corrected chi connectivity index (χ0v) is 9.66. The summed E-state index contributed by atoms with van der Waals surface area (Å²) in [6.07, 6.45) is 0. The zero-order valence-electron chi connectivity index (χ0n) is 9.66. The Bertz CT molecular complexity index is 445. The van der Waals surface area contributed by atoms with Crippen molar-refractivity contribution < 1.29 is 19.1 Å². The molecule has 0 radical (unpaired) electrons. The Morgan fingerprint density at radius 3 is 2.59 bits per heavy atom. The molecular weight excluding hydrogens is 225 g/mol.